The largest absolute Gasteiger partial charge is 0.481 e. The number of carbonyl (C=O) groups is 2. The van der Waals surface area contributed by atoms with Gasteiger partial charge in [0.15, 0.2) is 0 Å². The molecular weight excluding hydrogens is 729 g/mol. The van der Waals surface area contributed by atoms with E-state index in [-0.39, 0.29) is 55.6 Å². The molecule has 2 aliphatic heterocycles. The molecule has 1 amide bonds. The third kappa shape index (κ3) is 9.41. The van der Waals surface area contributed by atoms with Crippen molar-refractivity contribution in [2.24, 2.45) is 0 Å². The minimum absolute atomic E-state index is 0.0277. The number of carboxylic acids is 1. The Kier molecular flexibility index (Phi) is 11.6. The van der Waals surface area contributed by atoms with Crippen LogP contribution in [-0.2, 0) is 39.3 Å². The first-order chi connectivity index (χ1) is 24.9. The molecule has 0 bridgehead atoms. The molecular formula is C34H34F9N5O5. The molecule has 3 aromatic rings. The van der Waals surface area contributed by atoms with Crippen molar-refractivity contribution < 1.29 is 63.7 Å². The van der Waals surface area contributed by atoms with Gasteiger partial charge in [-0.1, -0.05) is 6.92 Å². The summed E-state index contributed by atoms with van der Waals surface area (Å²) in [5.74, 6) is -1.34. The molecule has 10 nitrogen and oxygen atoms in total. The van der Waals surface area contributed by atoms with Crippen LogP contribution in [0.4, 0.5) is 61.6 Å². The van der Waals surface area contributed by atoms with E-state index in [1.54, 1.807) is 6.92 Å². The number of carboxylic acid groups (broad SMARTS) is 1. The topological polar surface area (TPSA) is 108 Å². The SMILES string of the molecule is CC[C@@H]1C[C@H](N(Cc2cc(C(F)(F)F)cc(C(F)(F)F)c2)c2ncc(N3CCOCC3)cn2)c2cc(C(F)(F)F)ccc2N1C(=O)OCCCC(=O)O. The number of hydrogen-bond acceptors (Lipinski definition) is 8. The van der Waals surface area contributed by atoms with Gasteiger partial charge in [-0.05, 0) is 66.8 Å². The van der Waals surface area contributed by atoms with Crippen LogP contribution in [0.25, 0.3) is 0 Å². The Morgan fingerprint density at radius 2 is 1.51 bits per heavy atom. The van der Waals surface area contributed by atoms with Crippen LogP contribution in [0.1, 0.15) is 66.5 Å². The Labute approximate surface area is 297 Å². The van der Waals surface area contributed by atoms with Gasteiger partial charge in [0.2, 0.25) is 5.95 Å². The van der Waals surface area contributed by atoms with Crippen LogP contribution in [0.5, 0.6) is 0 Å². The maximum Gasteiger partial charge on any atom is 0.416 e. The Hall–Kier alpha value is -4.81. The Balaban J connectivity index is 1.65. The molecule has 2 atom stereocenters. The molecule has 5 rings (SSSR count). The van der Waals surface area contributed by atoms with Crippen LogP contribution in [0.15, 0.2) is 48.8 Å². The highest BCUT2D eigenvalue weighted by atomic mass is 19.4. The fourth-order valence-corrected chi connectivity index (χ4v) is 6.32. The standard InChI is InChI=1S/C34H34F9N5O5/c1-2-24-16-28(26-15-21(32(35,36)37)5-6-27(26)48(24)31(51)53-9-3-4-29(49)50)47(30-44-17-25(18-45-30)46-7-10-52-11-8-46)19-20-12-22(33(38,39)40)14-23(13-20)34(41,42)43/h5-6,12-15,17-18,24,28H,2-4,7-11,16,19H2,1H3,(H,49,50)/t24-,28+/m1/s1. The number of rotatable bonds is 10. The first-order valence-corrected chi connectivity index (χ1v) is 16.5. The second-order valence-electron chi connectivity index (χ2n) is 12.4. The number of amides is 1. The molecule has 2 aromatic carbocycles. The van der Waals surface area contributed by atoms with Crippen molar-refractivity contribution in [3.8, 4) is 0 Å². The number of morpholine rings is 1. The van der Waals surface area contributed by atoms with Gasteiger partial charge in [-0.3, -0.25) is 9.69 Å². The summed E-state index contributed by atoms with van der Waals surface area (Å²) in [6.07, 6.45) is -13.8. The highest BCUT2D eigenvalue weighted by molar-refractivity contribution is 5.90. The predicted molar refractivity (Wildman–Crippen MR) is 171 cm³/mol. The number of fused-ring (bicyclic) bond motifs is 1. The molecule has 0 radical (unpaired) electrons. The summed E-state index contributed by atoms with van der Waals surface area (Å²) in [5, 5.41) is 8.93. The molecule has 1 fully saturated rings. The van der Waals surface area contributed by atoms with Gasteiger partial charge in [0, 0.05) is 32.1 Å². The van der Waals surface area contributed by atoms with Gasteiger partial charge in [-0.2, -0.15) is 39.5 Å². The molecule has 3 heterocycles. The van der Waals surface area contributed by atoms with Crippen molar-refractivity contribution in [3.63, 3.8) is 0 Å². The highest BCUT2D eigenvalue weighted by Gasteiger charge is 2.43. The first-order valence-electron chi connectivity index (χ1n) is 16.5. The average molecular weight is 764 g/mol. The summed E-state index contributed by atoms with van der Waals surface area (Å²) in [6, 6.07) is 1.54. The van der Waals surface area contributed by atoms with Gasteiger partial charge in [0.1, 0.15) is 0 Å². The first kappa shape index (κ1) is 39.4. The van der Waals surface area contributed by atoms with Crippen molar-refractivity contribution in [1.29, 1.82) is 0 Å². The van der Waals surface area contributed by atoms with E-state index in [0.717, 1.165) is 23.1 Å². The van der Waals surface area contributed by atoms with Gasteiger partial charge in [-0.15, -0.1) is 0 Å². The zero-order valence-electron chi connectivity index (χ0n) is 28.1. The number of hydrogen-bond donors (Lipinski definition) is 1. The van der Waals surface area contributed by atoms with E-state index in [1.165, 1.54) is 17.3 Å². The number of benzene rings is 2. The quantitative estimate of drug-likeness (QED) is 0.162. The van der Waals surface area contributed by atoms with E-state index < -0.39 is 71.5 Å². The summed E-state index contributed by atoms with van der Waals surface area (Å²) in [4.78, 5) is 37.4. The van der Waals surface area contributed by atoms with Crippen LogP contribution < -0.4 is 14.7 Å². The number of aromatic nitrogens is 2. The molecule has 2 aliphatic rings. The molecule has 288 valence electrons. The maximum absolute atomic E-state index is 14.1. The lowest BCUT2D eigenvalue weighted by Gasteiger charge is -2.44. The Morgan fingerprint density at radius 1 is 0.906 bits per heavy atom. The number of aliphatic carboxylic acids is 1. The van der Waals surface area contributed by atoms with Crippen molar-refractivity contribution in [1.82, 2.24) is 9.97 Å². The Bertz CT molecular complexity index is 1730. The molecule has 1 aromatic heterocycles. The van der Waals surface area contributed by atoms with Gasteiger partial charge in [0.05, 0.1) is 66.3 Å². The average Bonchev–Trinajstić information content (AvgIpc) is 3.10. The van der Waals surface area contributed by atoms with Gasteiger partial charge in [0.25, 0.3) is 0 Å². The molecule has 19 heteroatoms. The number of ether oxygens (including phenoxy) is 2. The van der Waals surface area contributed by atoms with Crippen molar-refractivity contribution in [3.05, 3.63) is 76.6 Å². The van der Waals surface area contributed by atoms with Gasteiger partial charge < -0.3 is 24.4 Å². The zero-order chi connectivity index (χ0) is 38.7. The number of nitrogens with zero attached hydrogens (tertiary/aromatic N) is 5. The lowest BCUT2D eigenvalue weighted by molar-refractivity contribution is -0.143. The van der Waals surface area contributed by atoms with Crippen LogP contribution in [0, 0.1) is 0 Å². The van der Waals surface area contributed by atoms with Gasteiger partial charge >= 0.3 is 30.6 Å². The lowest BCUT2D eigenvalue weighted by Crippen LogP contribution is -2.48. The minimum atomic E-state index is -5.17. The number of alkyl halides is 9. The second-order valence-corrected chi connectivity index (χ2v) is 12.4. The molecule has 53 heavy (non-hydrogen) atoms. The van der Waals surface area contributed by atoms with Gasteiger partial charge in [-0.25, -0.2) is 14.8 Å². The van der Waals surface area contributed by atoms with E-state index in [1.807, 2.05) is 4.90 Å². The number of carbonyl (C=O) groups excluding carboxylic acids is 1. The smallest absolute Gasteiger partial charge is 0.416 e. The minimum Gasteiger partial charge on any atom is -0.481 e. The normalized spacial score (nSPS) is 18.1. The van der Waals surface area contributed by atoms with Crippen LogP contribution in [0.2, 0.25) is 0 Å². The molecule has 0 aliphatic carbocycles. The van der Waals surface area contributed by atoms with Crippen molar-refractivity contribution in [2.75, 3.05) is 47.6 Å². The third-order valence-electron chi connectivity index (χ3n) is 8.90. The second kappa shape index (κ2) is 15.7. The summed E-state index contributed by atoms with van der Waals surface area (Å²) >= 11 is 0. The van der Waals surface area contributed by atoms with E-state index in [4.69, 9.17) is 14.6 Å². The van der Waals surface area contributed by atoms with Crippen LogP contribution in [0.3, 0.4) is 0 Å². The summed E-state index contributed by atoms with van der Waals surface area (Å²) in [5.41, 5.74) is -4.45. The predicted octanol–water partition coefficient (Wildman–Crippen LogP) is 8.11. The van der Waals surface area contributed by atoms with Crippen molar-refractivity contribution in [2.45, 2.75) is 69.8 Å². The lowest BCUT2D eigenvalue weighted by atomic mass is 9.87. The summed E-state index contributed by atoms with van der Waals surface area (Å²) < 4.78 is 136. The van der Waals surface area contributed by atoms with E-state index in [0.29, 0.717) is 44.1 Å². The summed E-state index contributed by atoms with van der Waals surface area (Å²) in [7, 11) is 0. The van der Waals surface area contributed by atoms with Crippen molar-refractivity contribution >= 4 is 29.4 Å². The fourth-order valence-electron chi connectivity index (χ4n) is 6.32. The fraction of sp³-hybridized carbons (Fsp3) is 0.471. The molecule has 0 unspecified atom stereocenters. The molecule has 0 saturated carbocycles. The van der Waals surface area contributed by atoms with Crippen LogP contribution >= 0.6 is 0 Å². The van der Waals surface area contributed by atoms with E-state index >= 15 is 0 Å². The molecule has 0 spiro atoms. The van der Waals surface area contributed by atoms with E-state index in [9.17, 15) is 49.1 Å². The monoisotopic (exact) mass is 763 g/mol. The highest BCUT2D eigenvalue weighted by Crippen LogP contribution is 2.46. The van der Waals surface area contributed by atoms with E-state index in [2.05, 4.69) is 9.97 Å². The third-order valence-corrected chi connectivity index (χ3v) is 8.90. The molecule has 1 saturated heterocycles. The van der Waals surface area contributed by atoms with Crippen LogP contribution in [-0.4, -0.2) is 66.1 Å². The maximum atomic E-state index is 14.1. The Morgan fingerprint density at radius 3 is 2.06 bits per heavy atom. The number of halogens is 9. The molecule has 1 N–H and O–H groups in total. The summed E-state index contributed by atoms with van der Waals surface area (Å²) in [6.45, 7) is 2.41. The zero-order valence-corrected chi connectivity index (χ0v) is 28.1. The number of anilines is 3.